The van der Waals surface area contributed by atoms with E-state index in [1.165, 1.54) is 7.11 Å². The molecule has 0 aromatic rings. The molecule has 0 radical (unpaired) electrons. The van der Waals surface area contributed by atoms with Crippen molar-refractivity contribution >= 4 is 17.5 Å². The Balaban J connectivity index is 2.65. The molecule has 1 saturated heterocycles. The number of hydrazone groups is 1. The van der Waals surface area contributed by atoms with Crippen molar-refractivity contribution in [1.82, 2.24) is 5.01 Å². The third-order valence-electron chi connectivity index (χ3n) is 2.35. The predicted molar refractivity (Wildman–Crippen MR) is 57.4 cm³/mol. The second-order valence-corrected chi connectivity index (χ2v) is 3.76. The Kier molecular flexibility index (Phi) is 4.42. The molecule has 0 aromatic heterocycles. The lowest BCUT2D eigenvalue weighted by molar-refractivity contribution is -0.135. The van der Waals surface area contributed by atoms with E-state index in [2.05, 4.69) is 5.10 Å². The van der Waals surface area contributed by atoms with E-state index in [0.717, 1.165) is 0 Å². The molecule has 1 aliphatic rings. The molecule has 0 spiro atoms. The molecule has 6 nitrogen and oxygen atoms in total. The molecule has 1 fully saturated rings. The molecule has 0 aromatic carbocycles. The molecule has 1 atom stereocenters. The van der Waals surface area contributed by atoms with Crippen LogP contribution in [0.15, 0.2) is 5.10 Å². The Labute approximate surface area is 93.9 Å². The van der Waals surface area contributed by atoms with Gasteiger partial charge in [0.05, 0.1) is 13.0 Å². The third kappa shape index (κ3) is 3.30. The summed E-state index contributed by atoms with van der Waals surface area (Å²) < 4.78 is 4.94. The largest absolute Gasteiger partial charge is 0.481 e. The number of hydrogen-bond acceptors (Lipinski definition) is 5. The number of rotatable bonds is 5. The Morgan fingerprint density at radius 3 is 2.94 bits per heavy atom. The van der Waals surface area contributed by atoms with E-state index < -0.39 is 5.97 Å². The zero-order valence-electron chi connectivity index (χ0n) is 9.47. The van der Waals surface area contributed by atoms with Gasteiger partial charge in [-0.15, -0.1) is 0 Å². The first-order valence-electron chi connectivity index (χ1n) is 5.08. The van der Waals surface area contributed by atoms with Gasteiger partial charge in [0.15, 0.2) is 5.78 Å². The summed E-state index contributed by atoms with van der Waals surface area (Å²) in [6.45, 7) is 2.47. The van der Waals surface area contributed by atoms with Gasteiger partial charge in [0.2, 0.25) is 0 Å². The lowest BCUT2D eigenvalue weighted by atomic mass is 10.2. The van der Waals surface area contributed by atoms with Crippen LogP contribution < -0.4 is 0 Å². The number of carboxylic acids is 1. The van der Waals surface area contributed by atoms with Crippen LogP contribution in [0, 0.1) is 0 Å². The lowest BCUT2D eigenvalue weighted by Crippen LogP contribution is -2.34. The van der Waals surface area contributed by atoms with Crippen LogP contribution in [0.25, 0.3) is 0 Å². The zero-order chi connectivity index (χ0) is 12.1. The van der Waals surface area contributed by atoms with Crippen molar-refractivity contribution in [2.75, 3.05) is 20.3 Å². The fourth-order valence-electron chi connectivity index (χ4n) is 1.64. The fraction of sp³-hybridized carbons (Fsp3) is 0.700. The average molecular weight is 228 g/mol. The van der Waals surface area contributed by atoms with Gasteiger partial charge in [-0.25, -0.2) is 0 Å². The summed E-state index contributed by atoms with van der Waals surface area (Å²) in [5, 5.41) is 14.3. The van der Waals surface area contributed by atoms with Gasteiger partial charge in [0, 0.05) is 25.8 Å². The quantitative estimate of drug-likeness (QED) is 0.676. The Bertz CT molecular complexity index is 314. The standard InChI is InChI=1S/C10H16N2O4/c1-7(5-10(14)15)11-12-4-3-9(13)8(12)6-16-2/h8H,3-6H2,1-2H3,(H,14,15)/t8-/m1/s1. The van der Waals surface area contributed by atoms with E-state index >= 15 is 0 Å². The van der Waals surface area contributed by atoms with Gasteiger partial charge in [-0.05, 0) is 6.92 Å². The highest BCUT2D eigenvalue weighted by Crippen LogP contribution is 2.14. The maximum atomic E-state index is 11.5. The summed E-state index contributed by atoms with van der Waals surface area (Å²) in [4.78, 5) is 21.9. The van der Waals surface area contributed by atoms with Gasteiger partial charge in [-0.2, -0.15) is 5.10 Å². The van der Waals surface area contributed by atoms with Crippen molar-refractivity contribution in [2.24, 2.45) is 5.10 Å². The predicted octanol–water partition coefficient (Wildman–Crippen LogP) is 0.127. The molecule has 1 N–H and O–H groups in total. The molecule has 0 amide bonds. The average Bonchev–Trinajstić information content (AvgIpc) is 2.49. The minimum Gasteiger partial charge on any atom is -0.481 e. The molecular formula is C10H16N2O4. The van der Waals surface area contributed by atoms with E-state index in [4.69, 9.17) is 9.84 Å². The molecule has 1 heterocycles. The molecular weight excluding hydrogens is 212 g/mol. The summed E-state index contributed by atoms with van der Waals surface area (Å²) in [6, 6.07) is -0.367. The summed E-state index contributed by atoms with van der Waals surface area (Å²) in [6.07, 6.45) is 0.336. The Hall–Kier alpha value is -1.43. The van der Waals surface area contributed by atoms with Crippen molar-refractivity contribution in [3.8, 4) is 0 Å². The maximum Gasteiger partial charge on any atom is 0.309 e. The van der Waals surface area contributed by atoms with E-state index in [-0.39, 0.29) is 18.2 Å². The summed E-state index contributed by atoms with van der Waals surface area (Å²) in [5.41, 5.74) is 0.489. The molecule has 0 aliphatic carbocycles. The van der Waals surface area contributed by atoms with Crippen molar-refractivity contribution in [3.05, 3.63) is 0 Å². The van der Waals surface area contributed by atoms with E-state index in [9.17, 15) is 9.59 Å². The highest BCUT2D eigenvalue weighted by Gasteiger charge is 2.31. The summed E-state index contributed by atoms with van der Waals surface area (Å²) >= 11 is 0. The number of methoxy groups -OCH3 is 1. The zero-order valence-corrected chi connectivity index (χ0v) is 9.47. The van der Waals surface area contributed by atoms with E-state index in [1.807, 2.05) is 0 Å². The van der Waals surface area contributed by atoms with Crippen LogP contribution in [0.1, 0.15) is 19.8 Å². The van der Waals surface area contributed by atoms with Crippen molar-refractivity contribution in [1.29, 1.82) is 0 Å². The molecule has 1 aliphatic heterocycles. The van der Waals surface area contributed by atoms with Crippen molar-refractivity contribution in [2.45, 2.75) is 25.8 Å². The monoisotopic (exact) mass is 228 g/mol. The van der Waals surface area contributed by atoms with Crippen molar-refractivity contribution in [3.63, 3.8) is 0 Å². The van der Waals surface area contributed by atoms with E-state index in [0.29, 0.717) is 25.3 Å². The van der Waals surface area contributed by atoms with Crippen LogP contribution in [0.4, 0.5) is 0 Å². The van der Waals surface area contributed by atoms with Gasteiger partial charge >= 0.3 is 5.97 Å². The Morgan fingerprint density at radius 1 is 1.69 bits per heavy atom. The molecule has 0 unspecified atom stereocenters. The molecule has 16 heavy (non-hydrogen) atoms. The normalized spacial score (nSPS) is 21.6. The van der Waals surface area contributed by atoms with Gasteiger partial charge in [-0.3, -0.25) is 14.6 Å². The van der Waals surface area contributed by atoms with Crippen LogP contribution >= 0.6 is 0 Å². The lowest BCUT2D eigenvalue weighted by Gasteiger charge is -2.20. The number of carboxylic acid groups (broad SMARTS) is 1. The van der Waals surface area contributed by atoms with Crippen LogP contribution in [-0.2, 0) is 14.3 Å². The maximum absolute atomic E-state index is 11.5. The van der Waals surface area contributed by atoms with Gasteiger partial charge < -0.3 is 9.84 Å². The topological polar surface area (TPSA) is 79.2 Å². The molecule has 90 valence electrons. The number of aliphatic carboxylic acids is 1. The first-order valence-corrected chi connectivity index (χ1v) is 5.08. The summed E-state index contributed by atoms with van der Waals surface area (Å²) in [7, 11) is 1.53. The van der Waals surface area contributed by atoms with Crippen LogP contribution in [-0.4, -0.2) is 53.9 Å². The number of ketones is 1. The summed E-state index contributed by atoms with van der Waals surface area (Å²) in [5.74, 6) is -0.830. The molecule has 1 rings (SSSR count). The number of Topliss-reactive ketones (excluding diaryl/α,β-unsaturated/α-hetero) is 1. The molecule has 6 heteroatoms. The first kappa shape index (κ1) is 12.6. The number of ether oxygens (including phenoxy) is 1. The minimum absolute atomic E-state index is 0.0914. The Morgan fingerprint density at radius 2 is 2.38 bits per heavy atom. The van der Waals surface area contributed by atoms with Crippen LogP contribution in [0.5, 0.6) is 0 Å². The second-order valence-electron chi connectivity index (χ2n) is 3.76. The smallest absolute Gasteiger partial charge is 0.309 e. The van der Waals surface area contributed by atoms with Gasteiger partial charge in [0.1, 0.15) is 6.04 Å². The minimum atomic E-state index is -0.921. The first-order chi connectivity index (χ1) is 7.54. The van der Waals surface area contributed by atoms with Crippen LogP contribution in [0.2, 0.25) is 0 Å². The highest BCUT2D eigenvalue weighted by molar-refractivity contribution is 5.97. The van der Waals surface area contributed by atoms with E-state index in [1.54, 1.807) is 11.9 Å². The molecule has 0 bridgehead atoms. The van der Waals surface area contributed by atoms with Gasteiger partial charge in [0.25, 0.3) is 0 Å². The number of nitrogens with zero attached hydrogens (tertiary/aromatic N) is 2. The third-order valence-corrected chi connectivity index (χ3v) is 2.35. The van der Waals surface area contributed by atoms with Gasteiger partial charge in [-0.1, -0.05) is 0 Å². The van der Waals surface area contributed by atoms with Crippen molar-refractivity contribution < 1.29 is 19.4 Å². The highest BCUT2D eigenvalue weighted by atomic mass is 16.5. The SMILES string of the molecule is COC[C@@H]1C(=O)CCN1N=C(C)CC(=O)O. The number of carbonyl (C=O) groups excluding carboxylic acids is 1. The number of carbonyl (C=O) groups is 2. The fourth-order valence-corrected chi connectivity index (χ4v) is 1.64. The molecule has 0 saturated carbocycles. The van der Waals surface area contributed by atoms with Crippen LogP contribution in [0.3, 0.4) is 0 Å². The second kappa shape index (κ2) is 5.60. The number of hydrogen-bond donors (Lipinski definition) is 1.